The molecule has 1 aromatic rings. The standard InChI is InChI=1S/C10H11ClO3/c1-6(12)5-7-3-4-8(13)9(11)10(7)14-2/h3-4,13H,5H2,1-2H3. The van der Waals surface area contributed by atoms with E-state index in [1.54, 1.807) is 6.07 Å². The van der Waals surface area contributed by atoms with Gasteiger partial charge < -0.3 is 9.84 Å². The molecule has 0 aliphatic carbocycles. The first kappa shape index (κ1) is 10.9. The molecule has 1 aromatic carbocycles. The van der Waals surface area contributed by atoms with Crippen LogP contribution in [-0.2, 0) is 11.2 Å². The Labute approximate surface area is 87.3 Å². The summed E-state index contributed by atoms with van der Waals surface area (Å²) >= 11 is 5.80. The number of phenols is 1. The van der Waals surface area contributed by atoms with E-state index >= 15 is 0 Å². The van der Waals surface area contributed by atoms with Crippen molar-refractivity contribution in [2.24, 2.45) is 0 Å². The van der Waals surface area contributed by atoms with E-state index in [1.807, 2.05) is 0 Å². The highest BCUT2D eigenvalue weighted by molar-refractivity contribution is 6.33. The smallest absolute Gasteiger partial charge is 0.144 e. The summed E-state index contributed by atoms with van der Waals surface area (Å²) in [5.74, 6) is 0.336. The minimum atomic E-state index is -0.0455. The number of phenolic OH excluding ortho intramolecular Hbond substituents is 1. The zero-order valence-electron chi connectivity index (χ0n) is 8.00. The van der Waals surface area contributed by atoms with E-state index < -0.39 is 0 Å². The van der Waals surface area contributed by atoms with Crippen molar-refractivity contribution in [1.29, 1.82) is 0 Å². The molecule has 76 valence electrons. The van der Waals surface area contributed by atoms with Crippen LogP contribution in [0, 0.1) is 0 Å². The predicted molar refractivity (Wildman–Crippen MR) is 54.1 cm³/mol. The lowest BCUT2D eigenvalue weighted by molar-refractivity contribution is -0.116. The number of Topliss-reactive ketones (excluding diaryl/α,β-unsaturated/α-hetero) is 1. The summed E-state index contributed by atoms with van der Waals surface area (Å²) in [6.07, 6.45) is 0.253. The van der Waals surface area contributed by atoms with Gasteiger partial charge in [0, 0.05) is 12.0 Å². The van der Waals surface area contributed by atoms with Crippen LogP contribution in [0.3, 0.4) is 0 Å². The van der Waals surface area contributed by atoms with Crippen molar-refractivity contribution in [3.8, 4) is 11.5 Å². The lowest BCUT2D eigenvalue weighted by Crippen LogP contribution is -1.99. The van der Waals surface area contributed by atoms with Crippen LogP contribution in [0.1, 0.15) is 12.5 Å². The Balaban J connectivity index is 3.17. The molecule has 1 N–H and O–H groups in total. The molecule has 0 spiro atoms. The SMILES string of the molecule is COc1c(CC(C)=O)ccc(O)c1Cl. The molecule has 1 rings (SSSR count). The number of rotatable bonds is 3. The molecule has 14 heavy (non-hydrogen) atoms. The summed E-state index contributed by atoms with van der Waals surface area (Å²) in [6.45, 7) is 1.49. The minimum absolute atomic E-state index is 0.0186. The highest BCUT2D eigenvalue weighted by Crippen LogP contribution is 2.36. The van der Waals surface area contributed by atoms with Gasteiger partial charge in [0.05, 0.1) is 7.11 Å². The van der Waals surface area contributed by atoms with Crippen LogP contribution in [0.5, 0.6) is 11.5 Å². The molecular weight excluding hydrogens is 204 g/mol. The maximum Gasteiger partial charge on any atom is 0.144 e. The number of halogens is 1. The minimum Gasteiger partial charge on any atom is -0.506 e. The number of methoxy groups -OCH3 is 1. The van der Waals surface area contributed by atoms with Gasteiger partial charge >= 0.3 is 0 Å². The first-order chi connectivity index (χ1) is 6.56. The number of benzene rings is 1. The number of hydrogen-bond donors (Lipinski definition) is 1. The summed E-state index contributed by atoms with van der Waals surface area (Å²) in [4.78, 5) is 10.9. The second-order valence-electron chi connectivity index (χ2n) is 2.97. The van der Waals surface area contributed by atoms with Crippen molar-refractivity contribution >= 4 is 17.4 Å². The van der Waals surface area contributed by atoms with Gasteiger partial charge in [-0.25, -0.2) is 0 Å². The van der Waals surface area contributed by atoms with E-state index in [2.05, 4.69) is 0 Å². The predicted octanol–water partition coefficient (Wildman–Crippen LogP) is 2.19. The van der Waals surface area contributed by atoms with Crippen LogP contribution >= 0.6 is 11.6 Å². The van der Waals surface area contributed by atoms with E-state index in [-0.39, 0.29) is 23.0 Å². The molecule has 0 amide bonds. The van der Waals surface area contributed by atoms with Gasteiger partial charge in [0.25, 0.3) is 0 Å². The molecular formula is C10H11ClO3. The molecule has 0 atom stereocenters. The average molecular weight is 215 g/mol. The van der Waals surface area contributed by atoms with Crippen LogP contribution in [0.25, 0.3) is 0 Å². The molecule has 0 saturated carbocycles. The fourth-order valence-electron chi connectivity index (χ4n) is 1.21. The zero-order chi connectivity index (χ0) is 10.7. The molecule has 4 heteroatoms. The molecule has 0 unspecified atom stereocenters. The van der Waals surface area contributed by atoms with Gasteiger partial charge in [-0.2, -0.15) is 0 Å². The zero-order valence-corrected chi connectivity index (χ0v) is 8.76. The highest BCUT2D eigenvalue weighted by atomic mass is 35.5. The molecule has 0 saturated heterocycles. The van der Waals surface area contributed by atoms with Crippen molar-refractivity contribution in [2.45, 2.75) is 13.3 Å². The van der Waals surface area contributed by atoms with Gasteiger partial charge in [0.15, 0.2) is 0 Å². The Morgan fingerprint density at radius 2 is 2.21 bits per heavy atom. The first-order valence-electron chi connectivity index (χ1n) is 4.10. The fourth-order valence-corrected chi connectivity index (χ4v) is 1.48. The maximum atomic E-state index is 10.9. The molecule has 0 aliphatic heterocycles. The Morgan fingerprint density at radius 3 is 2.71 bits per heavy atom. The number of carbonyl (C=O) groups is 1. The second kappa shape index (κ2) is 4.33. The van der Waals surface area contributed by atoms with Crippen molar-refractivity contribution in [1.82, 2.24) is 0 Å². The first-order valence-corrected chi connectivity index (χ1v) is 4.47. The number of hydrogen-bond acceptors (Lipinski definition) is 3. The monoisotopic (exact) mass is 214 g/mol. The molecule has 0 bridgehead atoms. The lowest BCUT2D eigenvalue weighted by atomic mass is 10.1. The van der Waals surface area contributed by atoms with Crippen LogP contribution in [0.4, 0.5) is 0 Å². The second-order valence-corrected chi connectivity index (χ2v) is 3.35. The number of ketones is 1. The topological polar surface area (TPSA) is 46.5 Å². The molecule has 0 radical (unpaired) electrons. The van der Waals surface area contributed by atoms with Crippen LogP contribution in [-0.4, -0.2) is 18.0 Å². The van der Waals surface area contributed by atoms with Gasteiger partial charge in [-0.15, -0.1) is 0 Å². The third-order valence-corrected chi connectivity index (χ3v) is 2.17. The number of aromatic hydroxyl groups is 1. The molecule has 0 fully saturated rings. The van der Waals surface area contributed by atoms with E-state index in [1.165, 1.54) is 20.1 Å². The summed E-state index contributed by atoms with van der Waals surface area (Å²) in [5.41, 5.74) is 0.683. The van der Waals surface area contributed by atoms with Crippen LogP contribution in [0.2, 0.25) is 5.02 Å². The van der Waals surface area contributed by atoms with Gasteiger partial charge in [-0.1, -0.05) is 17.7 Å². The quantitative estimate of drug-likeness (QED) is 0.839. The molecule has 0 heterocycles. The highest BCUT2D eigenvalue weighted by Gasteiger charge is 2.12. The number of carbonyl (C=O) groups excluding carboxylic acids is 1. The van der Waals surface area contributed by atoms with Crippen molar-refractivity contribution in [2.75, 3.05) is 7.11 Å². The van der Waals surface area contributed by atoms with Gasteiger partial charge in [-0.05, 0) is 13.0 Å². The Hall–Kier alpha value is -1.22. The van der Waals surface area contributed by atoms with E-state index in [9.17, 15) is 9.90 Å². The summed E-state index contributed by atoms with van der Waals surface area (Å²) < 4.78 is 5.01. The van der Waals surface area contributed by atoms with Crippen LogP contribution < -0.4 is 4.74 Å². The third kappa shape index (κ3) is 2.17. The van der Waals surface area contributed by atoms with Crippen molar-refractivity contribution < 1.29 is 14.6 Å². The van der Waals surface area contributed by atoms with Gasteiger partial charge in [0.1, 0.15) is 22.3 Å². The van der Waals surface area contributed by atoms with E-state index in [0.717, 1.165) is 0 Å². The Morgan fingerprint density at radius 1 is 1.57 bits per heavy atom. The Kier molecular flexibility index (Phi) is 3.36. The molecule has 0 aliphatic rings. The fraction of sp³-hybridized carbons (Fsp3) is 0.300. The Bertz CT molecular complexity index is 361. The molecule has 0 aromatic heterocycles. The van der Waals surface area contributed by atoms with E-state index in [4.69, 9.17) is 16.3 Å². The average Bonchev–Trinajstić information content (AvgIpc) is 2.11. The van der Waals surface area contributed by atoms with Gasteiger partial charge in [-0.3, -0.25) is 4.79 Å². The van der Waals surface area contributed by atoms with E-state index in [0.29, 0.717) is 11.3 Å². The third-order valence-electron chi connectivity index (χ3n) is 1.80. The van der Waals surface area contributed by atoms with Crippen LogP contribution in [0.15, 0.2) is 12.1 Å². The largest absolute Gasteiger partial charge is 0.506 e. The summed E-state index contributed by atoms with van der Waals surface area (Å²) in [7, 11) is 1.45. The van der Waals surface area contributed by atoms with Crippen molar-refractivity contribution in [3.63, 3.8) is 0 Å². The van der Waals surface area contributed by atoms with Crippen molar-refractivity contribution in [3.05, 3.63) is 22.7 Å². The normalized spacial score (nSPS) is 9.93. The summed E-state index contributed by atoms with van der Waals surface area (Å²) in [5, 5.41) is 9.44. The lowest BCUT2D eigenvalue weighted by Gasteiger charge is -2.09. The number of ether oxygens (including phenoxy) is 1. The summed E-state index contributed by atoms with van der Waals surface area (Å²) in [6, 6.07) is 3.07. The van der Waals surface area contributed by atoms with Gasteiger partial charge in [0.2, 0.25) is 0 Å². The molecule has 3 nitrogen and oxygen atoms in total. The maximum absolute atomic E-state index is 10.9.